The summed E-state index contributed by atoms with van der Waals surface area (Å²) >= 11 is 0. The van der Waals surface area contributed by atoms with Crippen LogP contribution in [-0.2, 0) is 24.1 Å². The second-order valence-corrected chi connectivity index (χ2v) is 8.37. The van der Waals surface area contributed by atoms with E-state index in [0.29, 0.717) is 28.5 Å². The number of fused-ring (bicyclic) bond motifs is 1. The largest absolute Gasteiger partial charge is 0.466 e. The summed E-state index contributed by atoms with van der Waals surface area (Å²) < 4.78 is 42.2. The molecule has 3 heterocycles. The lowest BCUT2D eigenvalue weighted by atomic mass is 10.1. The van der Waals surface area contributed by atoms with E-state index in [0.717, 1.165) is 17.7 Å². The molecule has 0 aliphatic heterocycles. The third-order valence-electron chi connectivity index (χ3n) is 5.82. The van der Waals surface area contributed by atoms with Gasteiger partial charge in [0, 0.05) is 37.1 Å². The van der Waals surface area contributed by atoms with E-state index in [1.807, 2.05) is 49.4 Å². The Hall–Kier alpha value is -4.33. The lowest BCUT2D eigenvalue weighted by Crippen LogP contribution is -2.08. The lowest BCUT2D eigenvalue weighted by molar-refractivity contribution is -0.132. The van der Waals surface area contributed by atoms with Crippen LogP contribution >= 0.6 is 0 Å². The summed E-state index contributed by atoms with van der Waals surface area (Å²) in [7, 11) is 0. The van der Waals surface area contributed by atoms with Crippen molar-refractivity contribution in [3.05, 3.63) is 107 Å². The Bertz CT molecular complexity index is 1540. The molecule has 0 saturated heterocycles. The second-order valence-electron chi connectivity index (χ2n) is 8.37. The molecule has 0 fully saturated rings. The quantitative estimate of drug-likeness (QED) is 0.266. The fourth-order valence-corrected chi connectivity index (χ4v) is 4.10. The van der Waals surface area contributed by atoms with Crippen LogP contribution in [0, 0.1) is 11.6 Å². The van der Waals surface area contributed by atoms with Crippen LogP contribution < -0.4 is 4.74 Å². The van der Waals surface area contributed by atoms with Gasteiger partial charge < -0.3 is 9.15 Å². The first-order valence-electron chi connectivity index (χ1n) is 11.6. The number of benzene rings is 2. The number of aromatic nitrogens is 3. The van der Waals surface area contributed by atoms with Gasteiger partial charge in [-0.3, -0.25) is 9.20 Å². The van der Waals surface area contributed by atoms with Crippen molar-refractivity contribution in [3.8, 4) is 17.1 Å². The molecule has 0 bridgehead atoms. The fourth-order valence-electron chi connectivity index (χ4n) is 4.10. The third kappa shape index (κ3) is 4.62. The molecule has 0 radical (unpaired) electrons. The number of esters is 1. The van der Waals surface area contributed by atoms with Crippen molar-refractivity contribution in [1.29, 1.82) is 0 Å². The first-order chi connectivity index (χ1) is 17.4. The van der Waals surface area contributed by atoms with Gasteiger partial charge in [0.1, 0.15) is 28.8 Å². The van der Waals surface area contributed by atoms with E-state index in [1.54, 1.807) is 10.6 Å². The van der Waals surface area contributed by atoms with Gasteiger partial charge in [0.25, 0.3) is 0 Å². The average molecular weight is 488 g/mol. The molecule has 6 nitrogen and oxygen atoms in total. The smallest absolute Gasteiger partial charge is 0.309 e. The molecule has 36 heavy (non-hydrogen) atoms. The zero-order valence-corrected chi connectivity index (χ0v) is 19.8. The maximum Gasteiger partial charge on any atom is 0.309 e. The number of imidazole rings is 1. The van der Waals surface area contributed by atoms with Crippen LogP contribution in [0.2, 0.25) is 0 Å². The van der Waals surface area contributed by atoms with Gasteiger partial charge in [0.2, 0.25) is 5.88 Å². The van der Waals surface area contributed by atoms with Crippen LogP contribution in [0.4, 0.5) is 8.78 Å². The van der Waals surface area contributed by atoms with Gasteiger partial charge in [-0.15, -0.1) is 0 Å². The van der Waals surface area contributed by atoms with E-state index in [2.05, 4.69) is 0 Å². The summed E-state index contributed by atoms with van der Waals surface area (Å²) in [6, 6.07) is 16.8. The molecular weight excluding hydrogens is 464 g/mol. The highest BCUT2D eigenvalue weighted by atomic mass is 19.1. The molecule has 0 amide bonds. The monoisotopic (exact) mass is 487 g/mol. The fraction of sp³-hybridized carbons (Fsp3) is 0.179. The number of hydrogen-bond acceptors (Lipinski definition) is 5. The van der Waals surface area contributed by atoms with E-state index in [-0.39, 0.29) is 24.3 Å². The standard InChI is InChI=1S/C28H23F2N3O3/c1-3-19-12-13-20(36-19)14-25-28(35-17(2)34)33-16-26(18-8-5-4-6-9-18)31-24(27(33)32-25)15-21-22(29)10-7-11-23(21)30/h4-13,16H,3,14-15H2,1-2H3. The Morgan fingerprint density at radius 3 is 2.31 bits per heavy atom. The molecule has 0 spiro atoms. The van der Waals surface area contributed by atoms with Crippen molar-refractivity contribution >= 4 is 11.6 Å². The molecular formula is C28H23F2N3O3. The number of halogens is 2. The van der Waals surface area contributed by atoms with Gasteiger partial charge in [-0.25, -0.2) is 18.7 Å². The summed E-state index contributed by atoms with van der Waals surface area (Å²) in [5.41, 5.74) is 2.34. The van der Waals surface area contributed by atoms with Gasteiger partial charge in [-0.1, -0.05) is 43.3 Å². The summed E-state index contributed by atoms with van der Waals surface area (Å²) in [5.74, 6) is -0.175. The number of aryl methyl sites for hydroxylation is 1. The predicted molar refractivity (Wildman–Crippen MR) is 130 cm³/mol. The zero-order valence-electron chi connectivity index (χ0n) is 19.8. The van der Waals surface area contributed by atoms with Gasteiger partial charge in [-0.05, 0) is 24.3 Å². The number of furan rings is 1. The van der Waals surface area contributed by atoms with Crippen LogP contribution in [-0.4, -0.2) is 20.3 Å². The summed E-state index contributed by atoms with van der Waals surface area (Å²) in [6.07, 6.45) is 2.57. The molecule has 5 aromatic rings. The van der Waals surface area contributed by atoms with Crippen LogP contribution in [0.15, 0.2) is 71.3 Å². The first kappa shape index (κ1) is 23.4. The van der Waals surface area contributed by atoms with E-state index in [4.69, 9.17) is 19.1 Å². The predicted octanol–water partition coefficient (Wildman–Crippen LogP) is 5.94. The Kier molecular flexibility index (Phi) is 6.33. The van der Waals surface area contributed by atoms with Gasteiger partial charge in [-0.2, -0.15) is 0 Å². The molecule has 2 aromatic carbocycles. The van der Waals surface area contributed by atoms with Crippen molar-refractivity contribution < 1.29 is 22.7 Å². The Morgan fingerprint density at radius 2 is 1.64 bits per heavy atom. The number of nitrogens with zero attached hydrogens (tertiary/aromatic N) is 3. The molecule has 0 aliphatic carbocycles. The highest BCUT2D eigenvalue weighted by Gasteiger charge is 2.23. The van der Waals surface area contributed by atoms with Crippen molar-refractivity contribution in [2.24, 2.45) is 0 Å². The van der Waals surface area contributed by atoms with Gasteiger partial charge >= 0.3 is 5.97 Å². The third-order valence-corrected chi connectivity index (χ3v) is 5.82. The van der Waals surface area contributed by atoms with Crippen LogP contribution in [0.25, 0.3) is 16.9 Å². The van der Waals surface area contributed by atoms with E-state index in [1.165, 1.54) is 25.1 Å². The molecule has 182 valence electrons. The maximum atomic E-state index is 14.6. The number of ether oxygens (including phenoxy) is 1. The van der Waals surface area contributed by atoms with E-state index >= 15 is 0 Å². The highest BCUT2D eigenvalue weighted by molar-refractivity contribution is 5.70. The summed E-state index contributed by atoms with van der Waals surface area (Å²) in [5, 5.41) is 0. The first-order valence-corrected chi connectivity index (χ1v) is 11.6. The molecule has 3 aromatic heterocycles. The molecule has 8 heteroatoms. The number of hydrogen-bond donors (Lipinski definition) is 0. The molecule has 0 saturated carbocycles. The van der Waals surface area contributed by atoms with E-state index in [9.17, 15) is 13.6 Å². The molecule has 0 aliphatic rings. The Balaban J connectivity index is 1.72. The second kappa shape index (κ2) is 9.73. The minimum absolute atomic E-state index is 0.116. The molecule has 0 unspecified atom stereocenters. The van der Waals surface area contributed by atoms with Crippen molar-refractivity contribution in [2.45, 2.75) is 33.1 Å². The summed E-state index contributed by atoms with van der Waals surface area (Å²) in [4.78, 5) is 21.5. The number of carbonyl (C=O) groups excluding carboxylic acids is 1. The maximum absolute atomic E-state index is 14.6. The SMILES string of the molecule is CCc1ccc(Cc2nc3c(Cc4c(F)cccc4F)nc(-c4ccccc4)cn3c2OC(C)=O)o1. The van der Waals surface area contributed by atoms with Crippen molar-refractivity contribution in [2.75, 3.05) is 0 Å². The number of carbonyl (C=O) groups is 1. The summed E-state index contributed by atoms with van der Waals surface area (Å²) in [6.45, 7) is 3.29. The minimum atomic E-state index is -0.672. The van der Waals surface area contributed by atoms with Gasteiger partial charge in [0.15, 0.2) is 5.65 Å². The minimum Gasteiger partial charge on any atom is -0.466 e. The topological polar surface area (TPSA) is 69.6 Å². The average Bonchev–Trinajstić information content (AvgIpc) is 3.46. The van der Waals surface area contributed by atoms with Gasteiger partial charge in [0.05, 0.1) is 17.8 Å². The normalized spacial score (nSPS) is 11.2. The van der Waals surface area contributed by atoms with E-state index < -0.39 is 17.6 Å². The highest BCUT2D eigenvalue weighted by Crippen LogP contribution is 2.30. The molecule has 0 N–H and O–H groups in total. The van der Waals surface area contributed by atoms with Crippen molar-refractivity contribution in [3.63, 3.8) is 0 Å². The Morgan fingerprint density at radius 1 is 0.917 bits per heavy atom. The molecule has 0 atom stereocenters. The number of rotatable bonds is 7. The van der Waals surface area contributed by atoms with Crippen LogP contribution in [0.3, 0.4) is 0 Å². The molecule has 5 rings (SSSR count). The van der Waals surface area contributed by atoms with Crippen LogP contribution in [0.1, 0.15) is 42.3 Å². The lowest BCUT2D eigenvalue weighted by Gasteiger charge is -2.10. The Labute approximate surface area is 206 Å². The van der Waals surface area contributed by atoms with Crippen molar-refractivity contribution in [1.82, 2.24) is 14.4 Å². The zero-order chi connectivity index (χ0) is 25.2. The van der Waals surface area contributed by atoms with Crippen LogP contribution in [0.5, 0.6) is 5.88 Å².